The number of pyridine rings is 2. The summed E-state index contributed by atoms with van der Waals surface area (Å²) in [5.41, 5.74) is 4.27. The fraction of sp³-hybridized carbons (Fsp3) is 0.120. The van der Waals surface area contributed by atoms with Crippen molar-refractivity contribution >= 4 is 28.5 Å². The zero-order chi connectivity index (χ0) is 22.9. The quantitative estimate of drug-likeness (QED) is 0.337. The van der Waals surface area contributed by atoms with Crippen LogP contribution >= 0.6 is 11.6 Å². The summed E-state index contributed by atoms with van der Waals surface area (Å²) in [6.07, 6.45) is 1.62. The monoisotopic (exact) mass is 457 g/mol. The molecule has 164 valence electrons. The minimum atomic E-state index is -0.243. The first kappa shape index (κ1) is 20.9. The van der Waals surface area contributed by atoms with Crippen LogP contribution < -0.4 is 10.7 Å². The highest BCUT2D eigenvalue weighted by Crippen LogP contribution is 2.32. The molecular weight excluding hydrogens is 438 g/mol. The highest BCUT2D eigenvalue weighted by molar-refractivity contribution is 6.29. The Morgan fingerprint density at radius 2 is 1.82 bits per heavy atom. The first-order valence-electron chi connectivity index (χ1n) is 10.4. The van der Waals surface area contributed by atoms with Gasteiger partial charge in [0.15, 0.2) is 16.9 Å². The number of anilines is 1. The molecule has 0 saturated carbocycles. The highest BCUT2D eigenvalue weighted by Gasteiger charge is 2.19. The molecule has 8 heteroatoms. The second-order valence-electron chi connectivity index (χ2n) is 7.72. The van der Waals surface area contributed by atoms with E-state index in [0.717, 1.165) is 17.0 Å². The molecule has 0 aliphatic heterocycles. The van der Waals surface area contributed by atoms with Crippen molar-refractivity contribution in [1.82, 2.24) is 19.9 Å². The molecule has 0 fully saturated rings. The van der Waals surface area contributed by atoms with Crippen molar-refractivity contribution in [2.75, 3.05) is 5.32 Å². The molecule has 4 aromatic heterocycles. The second-order valence-corrected chi connectivity index (χ2v) is 8.11. The van der Waals surface area contributed by atoms with Crippen LogP contribution in [0.15, 0.2) is 70.0 Å². The summed E-state index contributed by atoms with van der Waals surface area (Å²) in [7, 11) is 0. The van der Waals surface area contributed by atoms with Gasteiger partial charge in [0.05, 0.1) is 0 Å². The average molecular weight is 458 g/mol. The molecule has 0 radical (unpaired) electrons. The maximum absolute atomic E-state index is 13.3. The maximum atomic E-state index is 13.3. The number of aromatic nitrogens is 4. The van der Waals surface area contributed by atoms with Crippen molar-refractivity contribution in [1.29, 1.82) is 0 Å². The summed E-state index contributed by atoms with van der Waals surface area (Å²) in [4.78, 5) is 30.0. The standard InChI is InChI=1S/C25H20ClN5O2/c1-14-10-17(11-20(26)29-14)21-22(19-9-8-15(2)33-19)31-25-23(30-21)24(32)18(13-28-25)27-12-16-6-4-3-5-7-16/h3-11,13,27H,12H2,1-2H3,(H,28,31,32). The number of nitrogens with zero attached hydrogens (tertiary/aromatic N) is 3. The molecule has 0 spiro atoms. The number of H-pyrrole nitrogens is 1. The minimum Gasteiger partial charge on any atom is -0.460 e. The van der Waals surface area contributed by atoms with E-state index in [1.807, 2.05) is 62.4 Å². The first-order valence-corrected chi connectivity index (χ1v) is 10.8. The van der Waals surface area contributed by atoms with E-state index in [0.29, 0.717) is 45.7 Å². The Morgan fingerprint density at radius 1 is 1.00 bits per heavy atom. The largest absolute Gasteiger partial charge is 0.460 e. The number of rotatable bonds is 5. The Morgan fingerprint density at radius 3 is 2.55 bits per heavy atom. The van der Waals surface area contributed by atoms with E-state index in [4.69, 9.17) is 26.0 Å². The van der Waals surface area contributed by atoms with Crippen LogP contribution in [0.25, 0.3) is 33.9 Å². The van der Waals surface area contributed by atoms with Gasteiger partial charge in [0.1, 0.15) is 28.0 Å². The van der Waals surface area contributed by atoms with E-state index in [1.54, 1.807) is 12.3 Å². The van der Waals surface area contributed by atoms with Gasteiger partial charge in [-0.15, -0.1) is 0 Å². The van der Waals surface area contributed by atoms with Crippen molar-refractivity contribution in [3.05, 3.63) is 93.2 Å². The third-order valence-electron chi connectivity index (χ3n) is 5.20. The molecule has 5 rings (SSSR count). The van der Waals surface area contributed by atoms with Crippen LogP contribution in [0.1, 0.15) is 17.0 Å². The number of furan rings is 1. The SMILES string of the molecule is Cc1cc(-c2nc3c(=O)c(NCc4ccccc4)c[nH]c3nc2-c2ccc(C)o2)cc(Cl)n1. The lowest BCUT2D eigenvalue weighted by Gasteiger charge is -2.11. The predicted octanol–water partition coefficient (Wildman–Crippen LogP) is 5.52. The zero-order valence-electron chi connectivity index (χ0n) is 18.0. The predicted molar refractivity (Wildman–Crippen MR) is 129 cm³/mol. The molecule has 0 atom stereocenters. The molecule has 0 unspecified atom stereocenters. The van der Waals surface area contributed by atoms with Crippen LogP contribution in [0.3, 0.4) is 0 Å². The molecule has 5 aromatic rings. The lowest BCUT2D eigenvalue weighted by atomic mass is 10.1. The number of hydrogen-bond acceptors (Lipinski definition) is 6. The smallest absolute Gasteiger partial charge is 0.232 e. The molecule has 0 bridgehead atoms. The molecule has 1 aromatic carbocycles. The summed E-state index contributed by atoms with van der Waals surface area (Å²) in [5, 5.41) is 3.52. The fourth-order valence-electron chi connectivity index (χ4n) is 3.65. The lowest BCUT2D eigenvalue weighted by molar-refractivity contribution is 0.546. The van der Waals surface area contributed by atoms with Crippen LogP contribution in [0.4, 0.5) is 5.69 Å². The van der Waals surface area contributed by atoms with Gasteiger partial charge in [0.25, 0.3) is 0 Å². The molecule has 0 saturated heterocycles. The van der Waals surface area contributed by atoms with Gasteiger partial charge in [-0.1, -0.05) is 41.9 Å². The molecular formula is C25H20ClN5O2. The van der Waals surface area contributed by atoms with Gasteiger partial charge in [-0.05, 0) is 43.7 Å². The maximum Gasteiger partial charge on any atom is 0.232 e. The van der Waals surface area contributed by atoms with E-state index in [2.05, 4.69) is 15.3 Å². The van der Waals surface area contributed by atoms with Crippen molar-refractivity contribution in [3.63, 3.8) is 0 Å². The molecule has 0 aliphatic carbocycles. The third kappa shape index (κ3) is 4.23. The number of hydrogen-bond donors (Lipinski definition) is 2. The average Bonchev–Trinajstić information content (AvgIpc) is 3.24. The normalized spacial score (nSPS) is 11.1. The van der Waals surface area contributed by atoms with Crippen molar-refractivity contribution in [2.24, 2.45) is 0 Å². The zero-order valence-corrected chi connectivity index (χ0v) is 18.8. The summed E-state index contributed by atoms with van der Waals surface area (Å²) >= 11 is 6.22. The van der Waals surface area contributed by atoms with Gasteiger partial charge in [-0.3, -0.25) is 4.79 Å². The topological polar surface area (TPSA) is 96.7 Å². The van der Waals surface area contributed by atoms with Crippen molar-refractivity contribution < 1.29 is 4.42 Å². The third-order valence-corrected chi connectivity index (χ3v) is 5.40. The summed E-state index contributed by atoms with van der Waals surface area (Å²) in [5.74, 6) is 1.30. The molecule has 4 heterocycles. The van der Waals surface area contributed by atoms with Crippen LogP contribution in [0.2, 0.25) is 5.15 Å². The second kappa shape index (κ2) is 8.52. The number of fused-ring (bicyclic) bond motifs is 1. The lowest BCUT2D eigenvalue weighted by Crippen LogP contribution is -2.14. The van der Waals surface area contributed by atoms with Crippen LogP contribution in [-0.2, 0) is 6.54 Å². The molecule has 0 amide bonds. The van der Waals surface area contributed by atoms with Gasteiger partial charge in [0.2, 0.25) is 5.43 Å². The van der Waals surface area contributed by atoms with E-state index < -0.39 is 0 Å². The fourth-order valence-corrected chi connectivity index (χ4v) is 3.90. The molecule has 7 nitrogen and oxygen atoms in total. The Balaban J connectivity index is 1.66. The van der Waals surface area contributed by atoms with Crippen molar-refractivity contribution in [2.45, 2.75) is 20.4 Å². The molecule has 33 heavy (non-hydrogen) atoms. The van der Waals surface area contributed by atoms with Gasteiger partial charge in [-0.2, -0.15) is 0 Å². The Labute approximate surface area is 194 Å². The number of halogens is 1. The van der Waals surface area contributed by atoms with Crippen LogP contribution in [0, 0.1) is 13.8 Å². The van der Waals surface area contributed by atoms with E-state index >= 15 is 0 Å². The van der Waals surface area contributed by atoms with Crippen LogP contribution in [-0.4, -0.2) is 19.9 Å². The molecule has 0 aliphatic rings. The van der Waals surface area contributed by atoms with Gasteiger partial charge in [0, 0.05) is 24.0 Å². The van der Waals surface area contributed by atoms with Crippen molar-refractivity contribution in [3.8, 4) is 22.7 Å². The minimum absolute atomic E-state index is 0.223. The summed E-state index contributed by atoms with van der Waals surface area (Å²) in [6.45, 7) is 4.22. The summed E-state index contributed by atoms with van der Waals surface area (Å²) < 4.78 is 5.83. The summed E-state index contributed by atoms with van der Waals surface area (Å²) in [6, 6.07) is 17.1. The van der Waals surface area contributed by atoms with E-state index in [9.17, 15) is 4.79 Å². The van der Waals surface area contributed by atoms with Gasteiger partial charge >= 0.3 is 0 Å². The number of aryl methyl sites for hydroxylation is 2. The first-order chi connectivity index (χ1) is 16.0. The Kier molecular flexibility index (Phi) is 5.40. The molecule has 2 N–H and O–H groups in total. The van der Waals surface area contributed by atoms with E-state index in [1.165, 1.54) is 0 Å². The van der Waals surface area contributed by atoms with Gasteiger partial charge in [-0.25, -0.2) is 15.0 Å². The number of benzene rings is 1. The highest BCUT2D eigenvalue weighted by atomic mass is 35.5. The number of aromatic amines is 1. The Hall–Kier alpha value is -3.97. The van der Waals surface area contributed by atoms with E-state index in [-0.39, 0.29) is 10.9 Å². The Bertz CT molecular complexity index is 1510. The van der Waals surface area contributed by atoms with Crippen LogP contribution in [0.5, 0.6) is 0 Å². The number of nitrogens with one attached hydrogen (secondary N) is 2. The van der Waals surface area contributed by atoms with Gasteiger partial charge < -0.3 is 14.7 Å².